The molecule has 12 heteroatoms. The maximum absolute atomic E-state index is 13.0. The lowest BCUT2D eigenvalue weighted by atomic mass is 10.1. The van der Waals surface area contributed by atoms with Crippen molar-refractivity contribution in [2.45, 2.75) is 11.1 Å². The highest BCUT2D eigenvalue weighted by Crippen LogP contribution is 2.32. The van der Waals surface area contributed by atoms with Crippen LogP contribution in [0.4, 0.5) is 13.2 Å². The average Bonchev–Trinajstić information content (AvgIpc) is 2.97. The van der Waals surface area contributed by atoms with Crippen LogP contribution in [0.1, 0.15) is 16.1 Å². The molecule has 0 aliphatic heterocycles. The Labute approximate surface area is 149 Å². The summed E-state index contributed by atoms with van der Waals surface area (Å²) in [6, 6.07) is 7.56. The molecule has 0 spiro atoms. The number of H-pyrrole nitrogens is 1. The molecule has 3 aromatic rings. The quantitative estimate of drug-likeness (QED) is 0.690. The largest absolute Gasteiger partial charge is 0.436 e. The molecule has 0 unspecified atom stereocenters. The molecule has 0 aliphatic carbocycles. The first-order valence-electron chi connectivity index (χ1n) is 7.29. The summed E-state index contributed by atoms with van der Waals surface area (Å²) < 4.78 is 65.6. The lowest BCUT2D eigenvalue weighted by molar-refractivity contribution is -0.143. The Morgan fingerprint density at radius 1 is 1.26 bits per heavy atom. The zero-order chi connectivity index (χ0) is 20.0. The molecule has 2 N–H and O–H groups in total. The van der Waals surface area contributed by atoms with Gasteiger partial charge < -0.3 is 4.98 Å². The minimum atomic E-state index is -5.05. The maximum Gasteiger partial charge on any atom is 0.436 e. The van der Waals surface area contributed by atoms with Gasteiger partial charge in [0.05, 0.1) is 0 Å². The van der Waals surface area contributed by atoms with Gasteiger partial charge in [-0.15, -0.1) is 0 Å². The molecule has 27 heavy (non-hydrogen) atoms. The molecule has 0 atom stereocenters. The highest BCUT2D eigenvalue weighted by atomic mass is 32.2. The van der Waals surface area contributed by atoms with E-state index in [4.69, 9.17) is 0 Å². The van der Waals surface area contributed by atoms with Crippen molar-refractivity contribution < 1.29 is 26.4 Å². The van der Waals surface area contributed by atoms with Crippen LogP contribution in [0, 0.1) is 0 Å². The number of pyridine rings is 1. The van der Waals surface area contributed by atoms with E-state index in [0.717, 1.165) is 13.1 Å². The molecule has 0 bridgehead atoms. The monoisotopic (exact) mass is 400 g/mol. The molecule has 3 rings (SSSR count). The van der Waals surface area contributed by atoms with Gasteiger partial charge in [0.25, 0.3) is 21.5 Å². The number of fused-ring (bicyclic) bond motifs is 1. The van der Waals surface area contributed by atoms with Gasteiger partial charge in [-0.05, 0) is 17.5 Å². The number of benzene rings is 1. The first-order valence-corrected chi connectivity index (χ1v) is 8.77. The Hall–Kier alpha value is -3.15. The van der Waals surface area contributed by atoms with Crippen LogP contribution in [0.5, 0.6) is 0 Å². The summed E-state index contributed by atoms with van der Waals surface area (Å²) >= 11 is 0. The van der Waals surface area contributed by atoms with Crippen LogP contribution >= 0.6 is 0 Å². The van der Waals surface area contributed by atoms with Crippen molar-refractivity contribution in [2.75, 3.05) is 0 Å². The van der Waals surface area contributed by atoms with Gasteiger partial charge in [0.2, 0.25) is 0 Å². The van der Waals surface area contributed by atoms with E-state index in [1.54, 1.807) is 24.3 Å². The third-order valence-corrected chi connectivity index (χ3v) is 4.91. The van der Waals surface area contributed by atoms with Crippen molar-refractivity contribution in [3.63, 3.8) is 0 Å². The standard InChI is InChI=1S/C15H11F3N4O4S/c1-22-7-11(12(20-22)15(16,17)18)27(25,26)21-14(24)9-6-8-4-2-3-5-10(8)19-13(9)23/h2-7H,1H3,(H,19,23)(H,21,24). The van der Waals surface area contributed by atoms with Gasteiger partial charge >= 0.3 is 6.18 Å². The normalized spacial score (nSPS) is 12.3. The number of alkyl halides is 3. The summed E-state index contributed by atoms with van der Waals surface area (Å²) in [7, 11) is -3.82. The molecule has 0 aliphatic rings. The van der Waals surface area contributed by atoms with Crippen molar-refractivity contribution in [2.24, 2.45) is 7.05 Å². The van der Waals surface area contributed by atoms with Crippen LogP contribution < -0.4 is 10.3 Å². The number of aryl methyl sites for hydroxylation is 1. The van der Waals surface area contributed by atoms with Gasteiger partial charge in [0, 0.05) is 18.8 Å². The Bertz CT molecular complexity index is 1210. The first-order chi connectivity index (χ1) is 12.5. The number of hydrogen-bond acceptors (Lipinski definition) is 5. The molecule has 142 valence electrons. The topological polar surface area (TPSA) is 114 Å². The van der Waals surface area contributed by atoms with Gasteiger partial charge in [0.1, 0.15) is 10.5 Å². The van der Waals surface area contributed by atoms with Crippen LogP contribution in [0.15, 0.2) is 46.2 Å². The molecule has 2 heterocycles. The average molecular weight is 400 g/mol. The maximum atomic E-state index is 13.0. The number of hydrogen-bond donors (Lipinski definition) is 2. The van der Waals surface area contributed by atoms with Crippen molar-refractivity contribution in [3.8, 4) is 0 Å². The van der Waals surface area contributed by atoms with Crippen molar-refractivity contribution in [1.29, 1.82) is 0 Å². The molecule has 0 saturated heterocycles. The number of rotatable bonds is 3. The molecule has 0 fully saturated rings. The van der Waals surface area contributed by atoms with Crippen molar-refractivity contribution >= 4 is 26.8 Å². The number of para-hydroxylation sites is 1. The van der Waals surface area contributed by atoms with Crippen LogP contribution in [-0.2, 0) is 23.2 Å². The van der Waals surface area contributed by atoms with E-state index >= 15 is 0 Å². The van der Waals surface area contributed by atoms with Gasteiger partial charge in [0.15, 0.2) is 5.69 Å². The number of amides is 1. The molecule has 1 amide bonds. The van der Waals surface area contributed by atoms with Crippen LogP contribution in [-0.4, -0.2) is 29.1 Å². The minimum Gasteiger partial charge on any atom is -0.321 e. The van der Waals surface area contributed by atoms with E-state index < -0.39 is 43.8 Å². The molecule has 1 aromatic carbocycles. The van der Waals surface area contributed by atoms with Crippen LogP contribution in [0.25, 0.3) is 10.9 Å². The summed E-state index contributed by atoms with van der Waals surface area (Å²) in [5.74, 6) is -1.36. The van der Waals surface area contributed by atoms with Gasteiger partial charge in [-0.2, -0.15) is 18.3 Å². The first kappa shape index (κ1) is 18.6. The second kappa shape index (κ2) is 6.23. The van der Waals surface area contributed by atoms with Gasteiger partial charge in [-0.1, -0.05) is 18.2 Å². The second-order valence-corrected chi connectivity index (χ2v) is 7.20. The minimum absolute atomic E-state index is 0.411. The summed E-state index contributed by atoms with van der Waals surface area (Å²) in [6.45, 7) is 0. The smallest absolute Gasteiger partial charge is 0.321 e. The Morgan fingerprint density at radius 3 is 2.59 bits per heavy atom. The number of carbonyl (C=O) groups excluding carboxylic acids is 1. The van der Waals surface area contributed by atoms with Crippen molar-refractivity contribution in [3.05, 3.63) is 58.1 Å². The van der Waals surface area contributed by atoms with Crippen molar-refractivity contribution in [1.82, 2.24) is 19.5 Å². The number of nitrogens with one attached hydrogen (secondary N) is 2. The molecular weight excluding hydrogens is 389 g/mol. The summed E-state index contributed by atoms with van der Waals surface area (Å²) in [5.41, 5.74) is -2.70. The van der Waals surface area contributed by atoms with Gasteiger partial charge in [-0.3, -0.25) is 14.3 Å². The highest BCUT2D eigenvalue weighted by Gasteiger charge is 2.41. The number of sulfonamides is 1. The summed E-state index contributed by atoms with van der Waals surface area (Å²) in [4.78, 5) is 25.4. The van der Waals surface area contributed by atoms with Crippen LogP contribution in [0.3, 0.4) is 0 Å². The zero-order valence-corrected chi connectivity index (χ0v) is 14.4. The Balaban J connectivity index is 2.01. The van der Waals surface area contributed by atoms with E-state index in [2.05, 4.69) is 10.1 Å². The third kappa shape index (κ3) is 3.56. The Morgan fingerprint density at radius 2 is 1.93 bits per heavy atom. The summed E-state index contributed by atoms with van der Waals surface area (Å²) in [6.07, 6.45) is -4.43. The van der Waals surface area contributed by atoms with E-state index in [1.807, 2.05) is 0 Å². The molecule has 0 radical (unpaired) electrons. The van der Waals surface area contributed by atoms with E-state index in [-0.39, 0.29) is 0 Å². The fourth-order valence-corrected chi connectivity index (χ4v) is 3.57. The van der Waals surface area contributed by atoms with E-state index in [0.29, 0.717) is 21.8 Å². The fourth-order valence-electron chi connectivity index (χ4n) is 2.41. The predicted molar refractivity (Wildman–Crippen MR) is 87.4 cm³/mol. The zero-order valence-electron chi connectivity index (χ0n) is 13.5. The van der Waals surface area contributed by atoms with Gasteiger partial charge in [-0.25, -0.2) is 13.1 Å². The molecule has 8 nitrogen and oxygen atoms in total. The molecular formula is C15H11F3N4O4S. The lowest BCUT2D eigenvalue weighted by Gasteiger charge is -2.09. The highest BCUT2D eigenvalue weighted by molar-refractivity contribution is 7.90. The number of nitrogens with zero attached hydrogens (tertiary/aromatic N) is 2. The number of carbonyl (C=O) groups is 1. The predicted octanol–water partition coefficient (Wildman–Crippen LogP) is 1.40. The molecule has 2 aromatic heterocycles. The van der Waals surface area contributed by atoms with E-state index in [1.165, 1.54) is 4.72 Å². The summed E-state index contributed by atoms with van der Waals surface area (Å²) in [5, 5.41) is 3.52. The number of halogens is 3. The van der Waals surface area contributed by atoms with Crippen LogP contribution in [0.2, 0.25) is 0 Å². The SMILES string of the molecule is Cn1cc(S(=O)(=O)NC(=O)c2cc3ccccc3[nH]c2=O)c(C(F)(F)F)n1. The lowest BCUT2D eigenvalue weighted by Crippen LogP contribution is -2.35. The number of aromatic nitrogens is 3. The second-order valence-electron chi connectivity index (χ2n) is 5.55. The fraction of sp³-hybridized carbons (Fsp3) is 0.133. The van der Waals surface area contributed by atoms with E-state index in [9.17, 15) is 31.2 Å². The Kier molecular flexibility index (Phi) is 4.30. The number of aromatic amines is 1. The third-order valence-electron chi connectivity index (χ3n) is 3.58. The molecule has 0 saturated carbocycles.